The molecule has 1 N–H and O–H groups in total. The van der Waals surface area contributed by atoms with Crippen molar-refractivity contribution in [2.45, 2.75) is 18.8 Å². The molecule has 1 unspecified atom stereocenters. The number of halogens is 5. The monoisotopic (exact) mass is 484 g/mol. The highest BCUT2D eigenvalue weighted by atomic mass is 127. The second-order valence-corrected chi connectivity index (χ2v) is 6.92. The first-order chi connectivity index (χ1) is 11.8. The quantitative estimate of drug-likeness (QED) is 0.510. The summed E-state index contributed by atoms with van der Waals surface area (Å²) in [5.41, 5.74) is 1.70. The second kappa shape index (κ2) is 7.06. The molecule has 134 valence electrons. The number of benzene rings is 1. The van der Waals surface area contributed by atoms with Crippen LogP contribution in [-0.4, -0.2) is 29.3 Å². The molecule has 25 heavy (non-hydrogen) atoms. The van der Waals surface area contributed by atoms with Crippen molar-refractivity contribution in [3.05, 3.63) is 39.7 Å². The maximum atomic E-state index is 12.4. The minimum absolute atomic E-state index is 0.0143. The maximum Gasteiger partial charge on any atom is 0.573 e. The first-order valence-corrected chi connectivity index (χ1v) is 9.02. The van der Waals surface area contributed by atoms with Gasteiger partial charge in [0.15, 0.2) is 0 Å². The molecule has 0 spiro atoms. The van der Waals surface area contributed by atoms with E-state index in [2.05, 4.69) is 32.6 Å². The SMILES string of the molecule is O=C1NCC(CCCl)n2c1cc(-c1cccc(OC(F)(F)F)c1)c2I. The molecule has 3 rings (SSSR count). The number of aromatic nitrogens is 1. The first-order valence-electron chi connectivity index (χ1n) is 7.41. The summed E-state index contributed by atoms with van der Waals surface area (Å²) in [6.45, 7) is 0.472. The number of carbonyl (C=O) groups is 1. The van der Waals surface area contributed by atoms with Crippen LogP contribution in [0.15, 0.2) is 30.3 Å². The van der Waals surface area contributed by atoms with Gasteiger partial charge in [0.2, 0.25) is 0 Å². The maximum absolute atomic E-state index is 12.4. The Balaban J connectivity index is 2.03. The number of amides is 1. The summed E-state index contributed by atoms with van der Waals surface area (Å²) in [6.07, 6.45) is -4.08. The molecule has 1 aliphatic heterocycles. The van der Waals surface area contributed by atoms with E-state index in [1.165, 1.54) is 18.2 Å². The van der Waals surface area contributed by atoms with Crippen LogP contribution in [0, 0.1) is 3.70 Å². The Morgan fingerprint density at radius 1 is 1.36 bits per heavy atom. The van der Waals surface area contributed by atoms with Crippen LogP contribution >= 0.6 is 34.2 Å². The van der Waals surface area contributed by atoms with Gasteiger partial charge in [-0.05, 0) is 52.8 Å². The Morgan fingerprint density at radius 3 is 2.80 bits per heavy atom. The van der Waals surface area contributed by atoms with Crippen molar-refractivity contribution >= 4 is 40.1 Å². The van der Waals surface area contributed by atoms with Crippen LogP contribution < -0.4 is 10.1 Å². The van der Waals surface area contributed by atoms with Crippen molar-refractivity contribution in [3.8, 4) is 16.9 Å². The van der Waals surface area contributed by atoms with E-state index in [1.54, 1.807) is 12.1 Å². The number of fused-ring (bicyclic) bond motifs is 1. The van der Waals surface area contributed by atoms with Crippen molar-refractivity contribution in [2.24, 2.45) is 0 Å². The molecular formula is C16H13ClF3IN2O2. The van der Waals surface area contributed by atoms with Gasteiger partial charge in [0.1, 0.15) is 11.4 Å². The number of hydrogen-bond donors (Lipinski definition) is 1. The summed E-state index contributed by atoms with van der Waals surface area (Å²) >= 11 is 7.95. The summed E-state index contributed by atoms with van der Waals surface area (Å²) in [5.74, 6) is -0.0669. The van der Waals surface area contributed by atoms with Gasteiger partial charge in [-0.15, -0.1) is 24.8 Å². The highest BCUT2D eigenvalue weighted by Crippen LogP contribution is 2.35. The number of hydrogen-bond acceptors (Lipinski definition) is 2. The number of carbonyl (C=O) groups excluding carboxylic acids is 1. The molecule has 1 aromatic heterocycles. The zero-order chi connectivity index (χ0) is 18.2. The van der Waals surface area contributed by atoms with Gasteiger partial charge >= 0.3 is 6.36 Å². The van der Waals surface area contributed by atoms with E-state index in [1.807, 2.05) is 4.57 Å². The number of nitrogens with zero attached hydrogens (tertiary/aromatic N) is 1. The summed E-state index contributed by atoms with van der Waals surface area (Å²) in [5, 5.41) is 2.81. The average Bonchev–Trinajstić information content (AvgIpc) is 2.88. The first kappa shape index (κ1) is 18.4. The summed E-state index contributed by atoms with van der Waals surface area (Å²) in [4.78, 5) is 12.1. The highest BCUT2D eigenvalue weighted by molar-refractivity contribution is 14.1. The number of alkyl halides is 4. The summed E-state index contributed by atoms with van der Waals surface area (Å²) < 4.78 is 44.0. The molecular weight excluding hydrogens is 472 g/mol. The van der Waals surface area contributed by atoms with Gasteiger partial charge in [-0.1, -0.05) is 12.1 Å². The fourth-order valence-electron chi connectivity index (χ4n) is 2.85. The van der Waals surface area contributed by atoms with Gasteiger partial charge < -0.3 is 14.6 Å². The van der Waals surface area contributed by atoms with E-state index in [0.717, 1.165) is 3.70 Å². The molecule has 1 atom stereocenters. The van der Waals surface area contributed by atoms with E-state index in [0.29, 0.717) is 35.7 Å². The second-order valence-electron chi connectivity index (χ2n) is 5.52. The summed E-state index contributed by atoms with van der Waals surface area (Å²) in [6, 6.07) is 7.42. The van der Waals surface area contributed by atoms with Gasteiger partial charge in [0.05, 0.1) is 9.74 Å². The third kappa shape index (κ3) is 3.89. The van der Waals surface area contributed by atoms with Crippen molar-refractivity contribution in [1.82, 2.24) is 9.88 Å². The molecule has 0 bridgehead atoms. The van der Waals surface area contributed by atoms with Crippen LogP contribution in [0.1, 0.15) is 23.0 Å². The molecule has 1 aliphatic rings. The van der Waals surface area contributed by atoms with Crippen LogP contribution in [0.2, 0.25) is 0 Å². The minimum Gasteiger partial charge on any atom is -0.406 e. The molecule has 0 fully saturated rings. The Bertz CT molecular complexity index is 807. The zero-order valence-electron chi connectivity index (χ0n) is 12.7. The Hall–Kier alpha value is -1.42. The van der Waals surface area contributed by atoms with E-state index >= 15 is 0 Å². The van der Waals surface area contributed by atoms with E-state index in [9.17, 15) is 18.0 Å². The lowest BCUT2D eigenvalue weighted by atomic mass is 10.1. The van der Waals surface area contributed by atoms with Gasteiger partial charge in [-0.3, -0.25) is 4.79 Å². The lowest BCUT2D eigenvalue weighted by molar-refractivity contribution is -0.274. The van der Waals surface area contributed by atoms with Crippen molar-refractivity contribution < 1.29 is 22.7 Å². The van der Waals surface area contributed by atoms with Crippen LogP contribution in [0.5, 0.6) is 5.75 Å². The molecule has 1 aromatic carbocycles. The number of nitrogens with one attached hydrogen (secondary N) is 1. The largest absolute Gasteiger partial charge is 0.573 e. The molecule has 4 nitrogen and oxygen atoms in total. The van der Waals surface area contributed by atoms with Gasteiger partial charge in [0.25, 0.3) is 5.91 Å². The van der Waals surface area contributed by atoms with Crippen molar-refractivity contribution in [2.75, 3.05) is 12.4 Å². The van der Waals surface area contributed by atoms with Crippen molar-refractivity contribution in [3.63, 3.8) is 0 Å². The van der Waals surface area contributed by atoms with E-state index in [-0.39, 0.29) is 17.7 Å². The van der Waals surface area contributed by atoms with E-state index < -0.39 is 6.36 Å². The third-order valence-corrected chi connectivity index (χ3v) is 5.21. The zero-order valence-corrected chi connectivity index (χ0v) is 15.7. The van der Waals surface area contributed by atoms with Crippen LogP contribution in [-0.2, 0) is 0 Å². The topological polar surface area (TPSA) is 43.3 Å². The van der Waals surface area contributed by atoms with Crippen LogP contribution in [0.4, 0.5) is 13.2 Å². The predicted octanol–water partition coefficient (Wildman–Crippen LogP) is 4.57. The van der Waals surface area contributed by atoms with E-state index in [4.69, 9.17) is 11.6 Å². The number of rotatable bonds is 4. The molecule has 1 amide bonds. The smallest absolute Gasteiger partial charge is 0.406 e. The third-order valence-electron chi connectivity index (χ3n) is 3.89. The predicted molar refractivity (Wildman–Crippen MR) is 96.0 cm³/mol. The molecule has 0 saturated carbocycles. The Kier molecular flexibility index (Phi) is 5.19. The van der Waals surface area contributed by atoms with Crippen LogP contribution in [0.25, 0.3) is 11.1 Å². The molecule has 2 aromatic rings. The van der Waals surface area contributed by atoms with Gasteiger partial charge in [0, 0.05) is 18.0 Å². The molecule has 9 heteroatoms. The molecule has 0 aliphatic carbocycles. The lowest BCUT2D eigenvalue weighted by Crippen LogP contribution is -2.39. The van der Waals surface area contributed by atoms with Crippen LogP contribution in [0.3, 0.4) is 0 Å². The lowest BCUT2D eigenvalue weighted by Gasteiger charge is -2.26. The average molecular weight is 485 g/mol. The fraction of sp³-hybridized carbons (Fsp3) is 0.312. The summed E-state index contributed by atoms with van der Waals surface area (Å²) in [7, 11) is 0. The number of ether oxygens (including phenoxy) is 1. The van der Waals surface area contributed by atoms with Crippen molar-refractivity contribution in [1.29, 1.82) is 0 Å². The standard InChI is InChI=1S/C16H13ClF3IN2O2/c17-5-4-10-8-22-15(24)13-7-12(14(21)23(10)13)9-2-1-3-11(6-9)25-16(18,19)20/h1-3,6-7,10H,4-5,8H2,(H,22,24). The van der Waals surface area contributed by atoms with Gasteiger partial charge in [-0.2, -0.15) is 0 Å². The normalized spacial score (nSPS) is 17.2. The molecule has 2 heterocycles. The molecule has 0 radical (unpaired) electrons. The molecule has 0 saturated heterocycles. The van der Waals surface area contributed by atoms with Gasteiger partial charge in [-0.25, -0.2) is 0 Å². The highest BCUT2D eigenvalue weighted by Gasteiger charge is 2.32. The minimum atomic E-state index is -4.75. The Labute approximate surface area is 160 Å². The Morgan fingerprint density at radius 2 is 2.12 bits per heavy atom. The fourth-order valence-corrected chi connectivity index (χ4v) is 4.22.